The lowest BCUT2D eigenvalue weighted by Crippen LogP contribution is -2.23. The maximum atomic E-state index is 12.4. The Balaban J connectivity index is 1.51. The van der Waals surface area contributed by atoms with E-state index in [4.69, 9.17) is 4.74 Å². The number of hydrogen-bond acceptors (Lipinski definition) is 4. The molecule has 1 fully saturated rings. The zero-order valence-corrected chi connectivity index (χ0v) is 16.2. The highest BCUT2D eigenvalue weighted by Gasteiger charge is 2.12. The fourth-order valence-electron chi connectivity index (χ4n) is 3.27. The molecule has 0 spiro atoms. The number of nitrogens with one attached hydrogen (secondary N) is 2. The molecule has 0 saturated carbocycles. The predicted molar refractivity (Wildman–Crippen MR) is 109 cm³/mol. The highest BCUT2D eigenvalue weighted by atomic mass is 16.5. The lowest BCUT2D eigenvalue weighted by atomic mass is 10.1. The van der Waals surface area contributed by atoms with Crippen molar-refractivity contribution >= 4 is 17.7 Å². The van der Waals surface area contributed by atoms with Crippen molar-refractivity contribution in [1.29, 1.82) is 0 Å². The molecule has 28 heavy (non-hydrogen) atoms. The van der Waals surface area contributed by atoms with Crippen LogP contribution in [0.2, 0.25) is 0 Å². The number of anilines is 1. The van der Waals surface area contributed by atoms with E-state index in [0.29, 0.717) is 24.4 Å². The molecule has 1 aliphatic rings. The SMILES string of the molecule is CCOC(=O)Nc1cccc(C(=O)NCc2ccc(CN3CCCC3)cc2)c1. The molecule has 2 aromatic rings. The smallest absolute Gasteiger partial charge is 0.411 e. The Morgan fingerprint density at radius 1 is 1.04 bits per heavy atom. The first-order chi connectivity index (χ1) is 13.6. The Labute approximate surface area is 165 Å². The summed E-state index contributed by atoms with van der Waals surface area (Å²) < 4.78 is 4.85. The summed E-state index contributed by atoms with van der Waals surface area (Å²) in [4.78, 5) is 26.4. The molecule has 6 nitrogen and oxygen atoms in total. The van der Waals surface area contributed by atoms with E-state index in [1.165, 1.54) is 31.5 Å². The Morgan fingerprint density at radius 3 is 2.46 bits per heavy atom. The number of benzene rings is 2. The molecule has 0 bridgehead atoms. The molecule has 148 valence electrons. The topological polar surface area (TPSA) is 70.7 Å². The van der Waals surface area contributed by atoms with Crippen LogP contribution in [-0.2, 0) is 17.8 Å². The first-order valence-corrected chi connectivity index (χ1v) is 9.76. The van der Waals surface area contributed by atoms with Crippen molar-refractivity contribution in [2.45, 2.75) is 32.9 Å². The molecule has 0 unspecified atom stereocenters. The molecule has 2 aromatic carbocycles. The van der Waals surface area contributed by atoms with Gasteiger partial charge in [0, 0.05) is 24.3 Å². The van der Waals surface area contributed by atoms with Gasteiger partial charge in [0.15, 0.2) is 0 Å². The van der Waals surface area contributed by atoms with Crippen LogP contribution in [0.4, 0.5) is 10.5 Å². The van der Waals surface area contributed by atoms with Crippen LogP contribution in [0, 0.1) is 0 Å². The van der Waals surface area contributed by atoms with E-state index in [0.717, 1.165) is 12.1 Å². The van der Waals surface area contributed by atoms with Crippen molar-refractivity contribution in [2.75, 3.05) is 25.0 Å². The van der Waals surface area contributed by atoms with Crippen molar-refractivity contribution in [1.82, 2.24) is 10.2 Å². The highest BCUT2D eigenvalue weighted by Crippen LogP contribution is 2.14. The zero-order valence-electron chi connectivity index (χ0n) is 16.2. The van der Waals surface area contributed by atoms with Gasteiger partial charge in [-0.05, 0) is 62.2 Å². The predicted octanol–water partition coefficient (Wildman–Crippen LogP) is 3.78. The van der Waals surface area contributed by atoms with Gasteiger partial charge in [-0.3, -0.25) is 15.0 Å². The van der Waals surface area contributed by atoms with E-state index in [1.807, 2.05) is 0 Å². The van der Waals surface area contributed by atoms with E-state index < -0.39 is 6.09 Å². The number of hydrogen-bond donors (Lipinski definition) is 2. The summed E-state index contributed by atoms with van der Waals surface area (Å²) in [5, 5.41) is 5.52. The minimum absolute atomic E-state index is 0.186. The van der Waals surface area contributed by atoms with Crippen LogP contribution in [-0.4, -0.2) is 36.6 Å². The third kappa shape index (κ3) is 5.82. The Kier molecular flexibility index (Phi) is 7.03. The van der Waals surface area contributed by atoms with Crippen molar-refractivity contribution in [3.8, 4) is 0 Å². The van der Waals surface area contributed by atoms with Crippen molar-refractivity contribution < 1.29 is 14.3 Å². The van der Waals surface area contributed by atoms with Gasteiger partial charge in [-0.1, -0.05) is 30.3 Å². The Morgan fingerprint density at radius 2 is 1.75 bits per heavy atom. The molecule has 0 radical (unpaired) electrons. The number of amides is 2. The molecule has 0 aromatic heterocycles. The summed E-state index contributed by atoms with van der Waals surface area (Å²) in [7, 11) is 0. The van der Waals surface area contributed by atoms with Gasteiger partial charge in [0.1, 0.15) is 0 Å². The molecule has 2 N–H and O–H groups in total. The van der Waals surface area contributed by atoms with Crippen LogP contribution in [0.25, 0.3) is 0 Å². The second-order valence-corrected chi connectivity index (χ2v) is 6.91. The van der Waals surface area contributed by atoms with Crippen LogP contribution in [0.3, 0.4) is 0 Å². The molecule has 2 amide bonds. The van der Waals surface area contributed by atoms with E-state index in [-0.39, 0.29) is 5.91 Å². The van der Waals surface area contributed by atoms with E-state index in [2.05, 4.69) is 39.8 Å². The lowest BCUT2D eigenvalue weighted by Gasteiger charge is -2.14. The van der Waals surface area contributed by atoms with E-state index in [9.17, 15) is 9.59 Å². The monoisotopic (exact) mass is 381 g/mol. The molecule has 1 aliphatic heterocycles. The van der Waals surface area contributed by atoms with Gasteiger partial charge in [-0.2, -0.15) is 0 Å². The van der Waals surface area contributed by atoms with Gasteiger partial charge in [0.2, 0.25) is 0 Å². The number of rotatable bonds is 7. The molecule has 1 heterocycles. The third-order valence-electron chi connectivity index (χ3n) is 4.73. The third-order valence-corrected chi connectivity index (χ3v) is 4.73. The summed E-state index contributed by atoms with van der Waals surface area (Å²) in [5.74, 6) is -0.186. The molecule has 0 aliphatic carbocycles. The molecule has 6 heteroatoms. The number of carbonyl (C=O) groups is 2. The van der Waals surface area contributed by atoms with E-state index in [1.54, 1.807) is 31.2 Å². The second-order valence-electron chi connectivity index (χ2n) is 6.91. The fraction of sp³-hybridized carbons (Fsp3) is 0.364. The molecule has 0 atom stereocenters. The fourth-order valence-corrected chi connectivity index (χ4v) is 3.27. The molecule has 3 rings (SSSR count). The molecule has 1 saturated heterocycles. The number of likely N-dealkylation sites (tertiary alicyclic amines) is 1. The first-order valence-electron chi connectivity index (χ1n) is 9.76. The summed E-state index contributed by atoms with van der Waals surface area (Å²) in [6.45, 7) is 5.85. The highest BCUT2D eigenvalue weighted by molar-refractivity contribution is 5.96. The first kappa shape index (κ1) is 19.9. The van der Waals surface area contributed by atoms with Crippen LogP contribution in [0.5, 0.6) is 0 Å². The zero-order chi connectivity index (χ0) is 19.8. The van der Waals surface area contributed by atoms with Crippen LogP contribution < -0.4 is 10.6 Å². The van der Waals surface area contributed by atoms with Gasteiger partial charge in [-0.15, -0.1) is 0 Å². The summed E-state index contributed by atoms with van der Waals surface area (Å²) in [5.41, 5.74) is 3.37. The Hall–Kier alpha value is -2.86. The summed E-state index contributed by atoms with van der Waals surface area (Å²) in [6.07, 6.45) is 2.05. The van der Waals surface area contributed by atoms with Crippen molar-refractivity contribution in [2.24, 2.45) is 0 Å². The van der Waals surface area contributed by atoms with Crippen LogP contribution in [0.15, 0.2) is 48.5 Å². The van der Waals surface area contributed by atoms with Crippen molar-refractivity contribution in [3.05, 3.63) is 65.2 Å². The van der Waals surface area contributed by atoms with Gasteiger partial charge in [0.25, 0.3) is 5.91 Å². The van der Waals surface area contributed by atoms with Crippen molar-refractivity contribution in [3.63, 3.8) is 0 Å². The maximum absolute atomic E-state index is 12.4. The number of carbonyl (C=O) groups excluding carboxylic acids is 2. The number of nitrogens with zero attached hydrogens (tertiary/aromatic N) is 1. The molecular formula is C22H27N3O3. The van der Waals surface area contributed by atoms with Gasteiger partial charge in [-0.25, -0.2) is 4.79 Å². The Bertz CT molecular complexity index is 799. The van der Waals surface area contributed by atoms with Gasteiger partial charge >= 0.3 is 6.09 Å². The second kappa shape index (κ2) is 9.90. The minimum Gasteiger partial charge on any atom is -0.450 e. The van der Waals surface area contributed by atoms with Gasteiger partial charge in [0.05, 0.1) is 6.61 Å². The lowest BCUT2D eigenvalue weighted by molar-refractivity contribution is 0.0950. The summed E-state index contributed by atoms with van der Waals surface area (Å²) in [6, 6.07) is 15.2. The van der Waals surface area contributed by atoms with Crippen LogP contribution in [0.1, 0.15) is 41.3 Å². The van der Waals surface area contributed by atoms with E-state index >= 15 is 0 Å². The largest absolute Gasteiger partial charge is 0.450 e. The average Bonchev–Trinajstić information content (AvgIpc) is 3.20. The maximum Gasteiger partial charge on any atom is 0.411 e. The quantitative estimate of drug-likeness (QED) is 0.766. The summed E-state index contributed by atoms with van der Waals surface area (Å²) >= 11 is 0. The molecular weight excluding hydrogens is 354 g/mol. The minimum atomic E-state index is -0.533. The average molecular weight is 381 g/mol. The standard InChI is InChI=1S/C22H27N3O3/c1-2-28-22(27)24-20-7-5-6-19(14-20)21(26)23-15-17-8-10-18(11-9-17)16-25-12-3-4-13-25/h5-11,14H,2-4,12-13,15-16H2,1H3,(H,23,26)(H,24,27). The number of ether oxygens (including phenoxy) is 1. The normalized spacial score (nSPS) is 13.9. The van der Waals surface area contributed by atoms with Crippen LogP contribution >= 0.6 is 0 Å². The van der Waals surface area contributed by atoms with Gasteiger partial charge < -0.3 is 10.1 Å².